The molecule has 1 heterocycles. The minimum atomic E-state index is -0.453. The van der Waals surface area contributed by atoms with E-state index >= 15 is 0 Å². The van der Waals surface area contributed by atoms with Crippen LogP contribution in [-0.4, -0.2) is 19.1 Å². The number of hydrogen-bond donors (Lipinski definition) is 0. The molecule has 4 nitrogen and oxygen atoms in total. The smallest absolute Gasteiger partial charge is 0.265 e. The molecule has 2 aromatic rings. The molecule has 0 bridgehead atoms. The van der Waals surface area contributed by atoms with Gasteiger partial charge >= 0.3 is 0 Å². The molecule has 0 saturated carbocycles. The first kappa shape index (κ1) is 15.6. The molecule has 0 unspecified atom stereocenters. The van der Waals surface area contributed by atoms with Gasteiger partial charge in [-0.15, -0.1) is 0 Å². The maximum atomic E-state index is 13.5. The van der Waals surface area contributed by atoms with Crippen molar-refractivity contribution in [3.8, 4) is 11.5 Å². The van der Waals surface area contributed by atoms with E-state index in [0.29, 0.717) is 28.8 Å². The van der Waals surface area contributed by atoms with Crippen LogP contribution >= 0.6 is 11.6 Å². The third-order valence-electron chi connectivity index (χ3n) is 3.53. The summed E-state index contributed by atoms with van der Waals surface area (Å²) in [6, 6.07) is 9.40. The van der Waals surface area contributed by atoms with E-state index in [1.54, 1.807) is 6.07 Å². The molecule has 6 heteroatoms. The Morgan fingerprint density at radius 3 is 2.96 bits per heavy atom. The lowest BCUT2D eigenvalue weighted by Gasteiger charge is -2.21. The second-order valence-electron chi connectivity index (χ2n) is 5.04. The first-order valence-corrected chi connectivity index (χ1v) is 7.61. The Kier molecular flexibility index (Phi) is 4.39. The molecular weight excluding hydrogens is 321 g/mol. The third kappa shape index (κ3) is 3.10. The maximum absolute atomic E-state index is 13.5. The highest BCUT2D eigenvalue weighted by molar-refractivity contribution is 6.33. The van der Waals surface area contributed by atoms with Crippen molar-refractivity contribution in [1.82, 2.24) is 0 Å². The van der Waals surface area contributed by atoms with Crippen molar-refractivity contribution in [1.29, 1.82) is 0 Å². The first-order valence-electron chi connectivity index (χ1n) is 7.23. The van der Waals surface area contributed by atoms with Crippen LogP contribution in [0.4, 0.5) is 10.1 Å². The standard InChI is InChI=1S/C17H15ClFNO3/c1-2-22-15-5-3-4-11-9-20(16(21)10-23-17(11)15)14-8-12(19)6-7-13(14)18/h3-8H,2,9-10H2,1H3. The van der Waals surface area contributed by atoms with Crippen LogP contribution in [-0.2, 0) is 11.3 Å². The Bertz CT molecular complexity index is 751. The lowest BCUT2D eigenvalue weighted by Crippen LogP contribution is -2.32. The molecule has 0 spiro atoms. The molecule has 3 rings (SSSR count). The molecule has 0 aliphatic carbocycles. The lowest BCUT2D eigenvalue weighted by atomic mass is 10.1. The minimum Gasteiger partial charge on any atom is -0.490 e. The van der Waals surface area contributed by atoms with Crippen LogP contribution in [0.3, 0.4) is 0 Å². The fourth-order valence-electron chi connectivity index (χ4n) is 2.50. The van der Waals surface area contributed by atoms with Crippen molar-refractivity contribution in [2.45, 2.75) is 13.5 Å². The summed E-state index contributed by atoms with van der Waals surface area (Å²) < 4.78 is 24.7. The van der Waals surface area contributed by atoms with Gasteiger partial charge in [0.2, 0.25) is 0 Å². The topological polar surface area (TPSA) is 38.8 Å². The van der Waals surface area contributed by atoms with Crippen LogP contribution in [0.1, 0.15) is 12.5 Å². The van der Waals surface area contributed by atoms with E-state index in [4.69, 9.17) is 21.1 Å². The number of ether oxygens (including phenoxy) is 2. The van der Waals surface area contributed by atoms with Gasteiger partial charge in [-0.05, 0) is 31.2 Å². The first-order chi connectivity index (χ1) is 11.1. The van der Waals surface area contributed by atoms with Crippen LogP contribution in [0, 0.1) is 5.82 Å². The van der Waals surface area contributed by atoms with E-state index in [1.165, 1.54) is 23.1 Å². The van der Waals surface area contributed by atoms with E-state index in [-0.39, 0.29) is 19.1 Å². The second kappa shape index (κ2) is 6.46. The summed E-state index contributed by atoms with van der Waals surface area (Å²) in [5, 5.41) is 0.309. The zero-order valence-corrected chi connectivity index (χ0v) is 13.3. The fraction of sp³-hybridized carbons (Fsp3) is 0.235. The molecule has 120 valence electrons. The van der Waals surface area contributed by atoms with Gasteiger partial charge in [0.25, 0.3) is 5.91 Å². The highest BCUT2D eigenvalue weighted by Crippen LogP contribution is 2.36. The largest absolute Gasteiger partial charge is 0.490 e. The van der Waals surface area contributed by atoms with E-state index in [9.17, 15) is 9.18 Å². The molecule has 1 aliphatic heterocycles. The zero-order chi connectivity index (χ0) is 16.4. The summed E-state index contributed by atoms with van der Waals surface area (Å²) in [5.41, 5.74) is 1.11. The maximum Gasteiger partial charge on any atom is 0.265 e. The number of amides is 1. The quantitative estimate of drug-likeness (QED) is 0.856. The summed E-state index contributed by atoms with van der Waals surface area (Å²) in [6.07, 6.45) is 0. The van der Waals surface area contributed by atoms with E-state index in [1.807, 2.05) is 19.1 Å². The molecule has 0 radical (unpaired) electrons. The predicted molar refractivity (Wildman–Crippen MR) is 85.7 cm³/mol. The Hall–Kier alpha value is -2.27. The highest BCUT2D eigenvalue weighted by atomic mass is 35.5. The van der Waals surface area contributed by atoms with Crippen molar-refractivity contribution < 1.29 is 18.7 Å². The average molecular weight is 336 g/mol. The molecule has 0 saturated heterocycles. The Morgan fingerprint density at radius 1 is 1.35 bits per heavy atom. The molecular formula is C17H15ClFNO3. The average Bonchev–Trinajstić information content (AvgIpc) is 2.70. The van der Waals surface area contributed by atoms with Crippen LogP contribution in [0.5, 0.6) is 11.5 Å². The van der Waals surface area contributed by atoms with Crippen molar-refractivity contribution in [2.24, 2.45) is 0 Å². The molecule has 0 aromatic heterocycles. The lowest BCUT2D eigenvalue weighted by molar-refractivity contribution is -0.120. The third-order valence-corrected chi connectivity index (χ3v) is 3.85. The molecule has 23 heavy (non-hydrogen) atoms. The van der Waals surface area contributed by atoms with Gasteiger partial charge in [0, 0.05) is 5.56 Å². The number of carbonyl (C=O) groups excluding carboxylic acids is 1. The molecule has 0 N–H and O–H groups in total. The number of nitrogens with zero attached hydrogens (tertiary/aromatic N) is 1. The van der Waals surface area contributed by atoms with E-state index in [0.717, 1.165) is 5.56 Å². The molecule has 1 amide bonds. The Morgan fingerprint density at radius 2 is 2.17 bits per heavy atom. The van der Waals surface area contributed by atoms with Crippen LogP contribution < -0.4 is 14.4 Å². The number of benzene rings is 2. The van der Waals surface area contributed by atoms with Gasteiger partial charge in [0.05, 0.1) is 23.9 Å². The van der Waals surface area contributed by atoms with Gasteiger partial charge in [-0.1, -0.05) is 23.7 Å². The fourth-order valence-corrected chi connectivity index (χ4v) is 2.72. The number of halogens is 2. The molecule has 0 fully saturated rings. The molecule has 0 atom stereocenters. The summed E-state index contributed by atoms with van der Waals surface area (Å²) in [4.78, 5) is 13.8. The van der Waals surface area contributed by atoms with Gasteiger partial charge in [-0.3, -0.25) is 4.79 Å². The van der Waals surface area contributed by atoms with Gasteiger partial charge < -0.3 is 14.4 Å². The summed E-state index contributed by atoms with van der Waals surface area (Å²) in [7, 11) is 0. The number of anilines is 1. The second-order valence-corrected chi connectivity index (χ2v) is 5.45. The van der Waals surface area contributed by atoms with Crippen LogP contribution in [0.15, 0.2) is 36.4 Å². The molecule has 2 aromatic carbocycles. The van der Waals surface area contributed by atoms with Gasteiger partial charge in [0.1, 0.15) is 5.82 Å². The van der Waals surface area contributed by atoms with Crippen molar-refractivity contribution >= 4 is 23.2 Å². The van der Waals surface area contributed by atoms with Gasteiger partial charge in [0.15, 0.2) is 18.1 Å². The summed E-state index contributed by atoms with van der Waals surface area (Å²) in [6.45, 7) is 2.44. The van der Waals surface area contributed by atoms with Crippen molar-refractivity contribution in [3.05, 3.63) is 52.8 Å². The summed E-state index contributed by atoms with van der Waals surface area (Å²) >= 11 is 6.13. The van der Waals surface area contributed by atoms with Gasteiger partial charge in [-0.25, -0.2) is 4.39 Å². The number of carbonyl (C=O) groups is 1. The van der Waals surface area contributed by atoms with Crippen molar-refractivity contribution in [2.75, 3.05) is 18.1 Å². The predicted octanol–water partition coefficient (Wildman–Crippen LogP) is 3.80. The number of fused-ring (bicyclic) bond motifs is 1. The van der Waals surface area contributed by atoms with Crippen molar-refractivity contribution in [3.63, 3.8) is 0 Å². The van der Waals surface area contributed by atoms with Crippen LogP contribution in [0.2, 0.25) is 5.02 Å². The number of para-hydroxylation sites is 1. The summed E-state index contributed by atoms with van der Waals surface area (Å²) in [5.74, 6) is 0.379. The normalized spacial score (nSPS) is 14.0. The Balaban J connectivity index is 2.02. The van der Waals surface area contributed by atoms with E-state index in [2.05, 4.69) is 0 Å². The highest BCUT2D eigenvalue weighted by Gasteiger charge is 2.26. The number of rotatable bonds is 3. The number of hydrogen-bond acceptors (Lipinski definition) is 3. The monoisotopic (exact) mass is 335 g/mol. The SMILES string of the molecule is CCOc1cccc2c1OCC(=O)N(c1cc(F)ccc1Cl)C2. The van der Waals surface area contributed by atoms with Crippen LogP contribution in [0.25, 0.3) is 0 Å². The minimum absolute atomic E-state index is 0.163. The van der Waals surface area contributed by atoms with E-state index < -0.39 is 5.82 Å². The zero-order valence-electron chi connectivity index (χ0n) is 12.5. The molecule has 1 aliphatic rings. The van der Waals surface area contributed by atoms with Gasteiger partial charge in [-0.2, -0.15) is 0 Å². The Labute approximate surface area is 138 Å².